The standard InChI is InChI=1S/C47H55N5O/c1-5-36-25-39(19-18-37(36)20-22-42-13-9-10-24-53-42)40-26-43(47(48)50-27-40)46-23-21-41(28-49-46)51-34(4)44-30-52(29-35-11-7-6-8-12-35)31-45(33(44)3)38-16-14-32(2)15-17-38/h14-19,21,23,25-28,30-31,35,42,51H,3-13,20,22,24,29H2,1-2H3,(H2,48,50)/t42-/m1/s1. The van der Waals surface area contributed by atoms with Crippen molar-refractivity contribution < 1.29 is 4.74 Å². The van der Waals surface area contributed by atoms with Crippen molar-refractivity contribution in [3.8, 4) is 22.4 Å². The van der Waals surface area contributed by atoms with Crippen LogP contribution in [0.25, 0.3) is 28.0 Å². The van der Waals surface area contributed by atoms with Gasteiger partial charge < -0.3 is 20.7 Å². The van der Waals surface area contributed by atoms with E-state index in [1.165, 1.54) is 73.6 Å². The Morgan fingerprint density at radius 3 is 2.40 bits per heavy atom. The zero-order valence-corrected chi connectivity index (χ0v) is 31.7. The Balaban J connectivity index is 1.06. The summed E-state index contributed by atoms with van der Waals surface area (Å²) in [6.07, 6.45) is 21.9. The highest BCUT2D eigenvalue weighted by atomic mass is 16.5. The van der Waals surface area contributed by atoms with Crippen LogP contribution in [0.1, 0.15) is 87.0 Å². The maximum Gasteiger partial charge on any atom is 0.132 e. The molecule has 4 heterocycles. The summed E-state index contributed by atoms with van der Waals surface area (Å²) in [6.45, 7) is 15.3. The van der Waals surface area contributed by atoms with E-state index in [2.05, 4.69) is 103 Å². The first-order valence-electron chi connectivity index (χ1n) is 19.7. The molecule has 1 saturated carbocycles. The number of hydrogen-bond donors (Lipinski definition) is 2. The van der Waals surface area contributed by atoms with Crippen molar-refractivity contribution in [1.82, 2.24) is 14.9 Å². The number of ether oxygens (including phenoxy) is 1. The topological polar surface area (TPSA) is 76.3 Å². The van der Waals surface area contributed by atoms with Crippen LogP contribution < -0.4 is 11.1 Å². The van der Waals surface area contributed by atoms with E-state index in [4.69, 9.17) is 15.5 Å². The lowest BCUT2D eigenvalue weighted by atomic mass is 9.87. The van der Waals surface area contributed by atoms with Gasteiger partial charge in [-0.3, -0.25) is 4.98 Å². The highest BCUT2D eigenvalue weighted by molar-refractivity contribution is 5.86. The molecule has 7 rings (SSSR count). The van der Waals surface area contributed by atoms with Crippen LogP contribution in [0.4, 0.5) is 11.5 Å². The molecule has 2 aromatic heterocycles. The van der Waals surface area contributed by atoms with Crippen molar-refractivity contribution in [3.05, 3.63) is 138 Å². The summed E-state index contributed by atoms with van der Waals surface area (Å²) in [4.78, 5) is 11.8. The molecule has 274 valence electrons. The number of nitrogen functional groups attached to an aromatic ring is 1. The Labute approximate surface area is 316 Å². The summed E-state index contributed by atoms with van der Waals surface area (Å²) < 4.78 is 6.00. The predicted molar refractivity (Wildman–Crippen MR) is 221 cm³/mol. The Kier molecular flexibility index (Phi) is 11.6. The van der Waals surface area contributed by atoms with E-state index in [1.54, 1.807) is 0 Å². The average molecular weight is 706 g/mol. The van der Waals surface area contributed by atoms with Crippen LogP contribution in [0.15, 0.2) is 115 Å². The number of aryl methyl sites for hydroxylation is 3. The van der Waals surface area contributed by atoms with E-state index in [0.29, 0.717) is 17.8 Å². The molecule has 2 aliphatic heterocycles. The number of rotatable bonds is 12. The molecule has 6 heteroatoms. The summed E-state index contributed by atoms with van der Waals surface area (Å²) >= 11 is 0. The number of aromatic nitrogens is 2. The number of allylic oxidation sites excluding steroid dienone is 2. The van der Waals surface area contributed by atoms with E-state index in [-0.39, 0.29) is 0 Å². The maximum atomic E-state index is 6.45. The summed E-state index contributed by atoms with van der Waals surface area (Å²) in [5.74, 6) is 1.16. The van der Waals surface area contributed by atoms with Crippen LogP contribution in [0, 0.1) is 12.8 Å². The Hall–Kier alpha value is -4.94. The molecule has 1 atom stereocenters. The van der Waals surface area contributed by atoms with Gasteiger partial charge in [-0.1, -0.05) is 87.4 Å². The first-order chi connectivity index (χ1) is 25.8. The quantitative estimate of drug-likeness (QED) is 0.153. The fourth-order valence-corrected chi connectivity index (χ4v) is 8.12. The molecule has 2 aromatic carbocycles. The number of pyridine rings is 2. The van der Waals surface area contributed by atoms with Crippen LogP contribution in [-0.2, 0) is 17.6 Å². The molecule has 4 aromatic rings. The van der Waals surface area contributed by atoms with E-state index in [9.17, 15) is 0 Å². The molecule has 0 amide bonds. The van der Waals surface area contributed by atoms with Crippen LogP contribution in [0.3, 0.4) is 0 Å². The minimum absolute atomic E-state index is 0.392. The molecule has 1 aliphatic carbocycles. The predicted octanol–water partition coefficient (Wildman–Crippen LogP) is 11.1. The molecule has 0 bridgehead atoms. The molecular formula is C47H55N5O. The van der Waals surface area contributed by atoms with Gasteiger partial charge in [0.25, 0.3) is 0 Å². The third kappa shape index (κ3) is 8.82. The van der Waals surface area contributed by atoms with Crippen molar-refractivity contribution in [2.45, 2.75) is 90.6 Å². The SMILES string of the molecule is C=C(Nc1ccc(-c2cc(-c3ccc(CC[C@H]4CCCCO4)c(CC)c3)cnc2N)nc1)C1=CN(CC2CCCCC2)C=C(c2ccc(C)cc2)C1=C. The van der Waals surface area contributed by atoms with Crippen LogP contribution in [0.5, 0.6) is 0 Å². The zero-order valence-electron chi connectivity index (χ0n) is 31.7. The van der Waals surface area contributed by atoms with Crippen molar-refractivity contribution in [2.24, 2.45) is 5.92 Å². The summed E-state index contributed by atoms with van der Waals surface area (Å²) in [7, 11) is 0. The molecule has 0 radical (unpaired) electrons. The number of nitrogens with two attached hydrogens (primary N) is 1. The van der Waals surface area contributed by atoms with Gasteiger partial charge in [0.1, 0.15) is 5.82 Å². The zero-order chi connectivity index (χ0) is 36.7. The normalized spacial score (nSPS) is 18.0. The lowest BCUT2D eigenvalue weighted by Crippen LogP contribution is -2.25. The van der Waals surface area contributed by atoms with Crippen LogP contribution >= 0.6 is 0 Å². The van der Waals surface area contributed by atoms with Gasteiger partial charge in [-0.2, -0.15) is 0 Å². The smallest absolute Gasteiger partial charge is 0.132 e. The van der Waals surface area contributed by atoms with Crippen molar-refractivity contribution >= 4 is 17.1 Å². The lowest BCUT2D eigenvalue weighted by Gasteiger charge is -2.32. The highest BCUT2D eigenvalue weighted by Gasteiger charge is 2.23. The van der Waals surface area contributed by atoms with Gasteiger partial charge in [0.15, 0.2) is 0 Å². The van der Waals surface area contributed by atoms with Gasteiger partial charge in [-0.15, -0.1) is 0 Å². The number of anilines is 2. The maximum absolute atomic E-state index is 6.45. The van der Waals surface area contributed by atoms with Crippen molar-refractivity contribution in [1.29, 1.82) is 0 Å². The largest absolute Gasteiger partial charge is 0.383 e. The average Bonchev–Trinajstić information content (AvgIpc) is 3.19. The van der Waals surface area contributed by atoms with E-state index in [1.807, 2.05) is 24.5 Å². The van der Waals surface area contributed by atoms with Gasteiger partial charge in [-0.05, 0) is 110 Å². The molecule has 1 saturated heterocycles. The second kappa shape index (κ2) is 16.8. The van der Waals surface area contributed by atoms with E-state index in [0.717, 1.165) is 82.9 Å². The first-order valence-corrected chi connectivity index (χ1v) is 19.7. The van der Waals surface area contributed by atoms with E-state index >= 15 is 0 Å². The minimum Gasteiger partial charge on any atom is -0.383 e. The van der Waals surface area contributed by atoms with Crippen molar-refractivity contribution in [3.63, 3.8) is 0 Å². The monoisotopic (exact) mass is 705 g/mol. The molecule has 2 fully saturated rings. The molecule has 53 heavy (non-hydrogen) atoms. The molecule has 3 N–H and O–H groups in total. The highest BCUT2D eigenvalue weighted by Crippen LogP contribution is 2.37. The Bertz CT molecular complexity index is 1980. The summed E-state index contributed by atoms with van der Waals surface area (Å²) in [6, 6.07) is 21.6. The second-order valence-corrected chi connectivity index (χ2v) is 15.2. The fraction of sp³-hybridized carbons (Fsp3) is 0.362. The number of benzene rings is 2. The third-order valence-electron chi connectivity index (χ3n) is 11.3. The van der Waals surface area contributed by atoms with Gasteiger partial charge in [-0.25, -0.2) is 4.98 Å². The number of hydrogen-bond acceptors (Lipinski definition) is 6. The number of nitrogens with one attached hydrogen (secondary N) is 1. The van der Waals surface area contributed by atoms with Gasteiger partial charge >= 0.3 is 0 Å². The molecular weight excluding hydrogens is 651 g/mol. The third-order valence-corrected chi connectivity index (χ3v) is 11.3. The Morgan fingerprint density at radius 2 is 1.66 bits per heavy atom. The lowest BCUT2D eigenvalue weighted by molar-refractivity contribution is 0.0115. The van der Waals surface area contributed by atoms with Crippen LogP contribution in [0.2, 0.25) is 0 Å². The second-order valence-electron chi connectivity index (χ2n) is 15.2. The first kappa shape index (κ1) is 36.4. The van der Waals surface area contributed by atoms with Crippen LogP contribution in [-0.4, -0.2) is 34.1 Å². The molecule has 0 unspecified atom stereocenters. The number of nitrogens with zero attached hydrogens (tertiary/aromatic N) is 3. The van der Waals surface area contributed by atoms with Gasteiger partial charge in [0.05, 0.1) is 23.7 Å². The molecule has 3 aliphatic rings. The molecule has 6 nitrogen and oxygen atoms in total. The van der Waals surface area contributed by atoms with Crippen molar-refractivity contribution in [2.75, 3.05) is 24.2 Å². The minimum atomic E-state index is 0.392. The van der Waals surface area contributed by atoms with Gasteiger partial charge in [0, 0.05) is 59.7 Å². The molecule has 0 spiro atoms. The summed E-state index contributed by atoms with van der Waals surface area (Å²) in [5, 5.41) is 3.53. The summed E-state index contributed by atoms with van der Waals surface area (Å²) in [5.41, 5.74) is 20.1. The van der Waals surface area contributed by atoms with Gasteiger partial charge in [0.2, 0.25) is 0 Å². The van der Waals surface area contributed by atoms with E-state index < -0.39 is 0 Å². The Morgan fingerprint density at radius 1 is 0.868 bits per heavy atom. The fourth-order valence-electron chi connectivity index (χ4n) is 8.12.